The number of hydrogen-bond acceptors (Lipinski definition) is 6. The molecule has 0 amide bonds. The van der Waals surface area contributed by atoms with Crippen LogP contribution in [-0.4, -0.2) is 31.4 Å². The van der Waals surface area contributed by atoms with Gasteiger partial charge in [0.05, 0.1) is 27.6 Å². The van der Waals surface area contributed by atoms with Gasteiger partial charge in [-0.15, -0.1) is 11.8 Å². The molecule has 9 heteroatoms. The van der Waals surface area contributed by atoms with Crippen LogP contribution in [0, 0.1) is 0 Å². The number of rotatable bonds is 4. The number of thioether (sulfide) groups is 1. The molecule has 0 spiro atoms. The van der Waals surface area contributed by atoms with E-state index in [1.165, 1.54) is 0 Å². The standard InChI is InChI=1S/C14H18BrIN6S/c15-11-12(8-2-1-3-19-4-8)21-14-9(10(17)6-23-7-16)5-20-22(14)13(11)18/h5-6,8,19H,1-4,7,17-18H2/b10-6-. The molecule has 1 saturated heterocycles. The lowest BCUT2D eigenvalue weighted by molar-refractivity contribution is 0.453. The highest BCUT2D eigenvalue weighted by atomic mass is 127. The third-order valence-corrected chi connectivity index (χ3v) is 6.35. The van der Waals surface area contributed by atoms with E-state index in [9.17, 15) is 0 Å². The molecule has 1 aliphatic rings. The number of fused-ring (bicyclic) bond motifs is 1. The van der Waals surface area contributed by atoms with Crippen molar-refractivity contribution in [3.05, 3.63) is 27.3 Å². The average Bonchev–Trinajstić information content (AvgIpc) is 3.00. The van der Waals surface area contributed by atoms with Gasteiger partial charge in [0.25, 0.3) is 0 Å². The maximum atomic E-state index is 6.27. The molecule has 0 radical (unpaired) electrons. The summed E-state index contributed by atoms with van der Waals surface area (Å²) in [6.07, 6.45) is 3.98. The third kappa shape index (κ3) is 3.47. The lowest BCUT2D eigenvalue weighted by Crippen LogP contribution is -2.29. The van der Waals surface area contributed by atoms with Crippen LogP contribution in [0.3, 0.4) is 0 Å². The Morgan fingerprint density at radius 1 is 1.61 bits per heavy atom. The van der Waals surface area contributed by atoms with E-state index in [4.69, 9.17) is 16.5 Å². The summed E-state index contributed by atoms with van der Waals surface area (Å²) >= 11 is 7.54. The van der Waals surface area contributed by atoms with Crippen molar-refractivity contribution in [1.29, 1.82) is 0 Å². The second kappa shape index (κ2) is 7.58. The molecule has 1 aliphatic heterocycles. The second-order valence-electron chi connectivity index (χ2n) is 5.38. The zero-order chi connectivity index (χ0) is 16.4. The highest BCUT2D eigenvalue weighted by Gasteiger charge is 2.23. The van der Waals surface area contributed by atoms with Crippen LogP contribution in [0.1, 0.15) is 30.0 Å². The van der Waals surface area contributed by atoms with Crippen LogP contribution < -0.4 is 16.8 Å². The predicted molar refractivity (Wildman–Crippen MR) is 109 cm³/mol. The number of halogens is 2. The molecule has 0 aromatic carbocycles. The molecule has 1 unspecified atom stereocenters. The van der Waals surface area contributed by atoms with E-state index in [-0.39, 0.29) is 0 Å². The summed E-state index contributed by atoms with van der Waals surface area (Å²) in [5.74, 6) is 0.915. The first kappa shape index (κ1) is 17.3. The predicted octanol–water partition coefficient (Wildman–Crippen LogP) is 2.92. The van der Waals surface area contributed by atoms with Crippen molar-refractivity contribution in [2.45, 2.75) is 18.8 Å². The van der Waals surface area contributed by atoms with Gasteiger partial charge in [-0.05, 0) is 40.7 Å². The van der Waals surface area contributed by atoms with Crippen LogP contribution in [0.15, 0.2) is 16.1 Å². The van der Waals surface area contributed by atoms with Crippen molar-refractivity contribution in [3.8, 4) is 0 Å². The zero-order valence-electron chi connectivity index (χ0n) is 12.4. The number of anilines is 1. The smallest absolute Gasteiger partial charge is 0.167 e. The monoisotopic (exact) mass is 508 g/mol. The van der Waals surface area contributed by atoms with Crippen LogP contribution in [0.4, 0.5) is 5.82 Å². The Kier molecular flexibility index (Phi) is 5.70. The molecule has 3 heterocycles. The molecule has 6 nitrogen and oxygen atoms in total. The maximum absolute atomic E-state index is 6.27. The minimum absolute atomic E-state index is 0.349. The fraction of sp³-hybridized carbons (Fsp3) is 0.429. The fourth-order valence-electron chi connectivity index (χ4n) is 2.76. The van der Waals surface area contributed by atoms with Gasteiger partial charge >= 0.3 is 0 Å². The first-order valence-electron chi connectivity index (χ1n) is 7.30. The first-order valence-corrected chi connectivity index (χ1v) is 10.7. The van der Waals surface area contributed by atoms with Crippen LogP contribution in [-0.2, 0) is 0 Å². The number of aromatic nitrogens is 3. The minimum atomic E-state index is 0.349. The summed E-state index contributed by atoms with van der Waals surface area (Å²) < 4.78 is 3.42. The van der Waals surface area contributed by atoms with E-state index >= 15 is 0 Å². The molecule has 5 N–H and O–H groups in total. The van der Waals surface area contributed by atoms with Crippen LogP contribution in [0.2, 0.25) is 0 Å². The number of nitrogens with two attached hydrogens (primary N) is 2. The Morgan fingerprint density at radius 2 is 2.43 bits per heavy atom. The van der Waals surface area contributed by atoms with E-state index in [2.05, 4.69) is 48.9 Å². The number of nitrogen functional groups attached to an aromatic ring is 1. The van der Waals surface area contributed by atoms with Crippen LogP contribution in [0.25, 0.3) is 11.3 Å². The van der Waals surface area contributed by atoms with E-state index in [0.29, 0.717) is 23.1 Å². The Balaban J connectivity index is 2.10. The molecule has 1 atom stereocenters. The number of piperidine rings is 1. The van der Waals surface area contributed by atoms with Gasteiger partial charge in [-0.3, -0.25) is 0 Å². The molecular formula is C14H18BrIN6S. The summed E-state index contributed by atoms with van der Waals surface area (Å²) in [5.41, 5.74) is 15.6. The quantitative estimate of drug-likeness (QED) is 0.434. The highest BCUT2D eigenvalue weighted by molar-refractivity contribution is 14.1. The van der Waals surface area contributed by atoms with Gasteiger partial charge in [0, 0.05) is 16.2 Å². The molecular weight excluding hydrogens is 491 g/mol. The average molecular weight is 509 g/mol. The Bertz CT molecular complexity index is 740. The van der Waals surface area contributed by atoms with Crippen LogP contribution >= 0.6 is 50.3 Å². The van der Waals surface area contributed by atoms with E-state index in [0.717, 1.165) is 45.4 Å². The Hall–Kier alpha value is -0.520. The lowest BCUT2D eigenvalue weighted by Gasteiger charge is -2.23. The summed E-state index contributed by atoms with van der Waals surface area (Å²) in [6.45, 7) is 1.98. The molecule has 3 rings (SSSR count). The summed E-state index contributed by atoms with van der Waals surface area (Å²) in [5, 5.41) is 9.70. The van der Waals surface area contributed by atoms with Gasteiger partial charge in [-0.2, -0.15) is 9.61 Å². The SMILES string of the molecule is N/C(=C\SCI)c1cnn2c(N)c(Br)c(C3CCCNC3)nc12. The largest absolute Gasteiger partial charge is 0.398 e. The van der Waals surface area contributed by atoms with Gasteiger partial charge in [-0.1, -0.05) is 22.6 Å². The minimum Gasteiger partial charge on any atom is -0.398 e. The van der Waals surface area contributed by atoms with Crippen LogP contribution in [0.5, 0.6) is 0 Å². The molecule has 0 saturated carbocycles. The van der Waals surface area contributed by atoms with E-state index < -0.39 is 0 Å². The van der Waals surface area contributed by atoms with Crippen molar-refractivity contribution < 1.29 is 0 Å². The molecule has 23 heavy (non-hydrogen) atoms. The van der Waals surface area contributed by atoms with E-state index in [1.807, 2.05) is 5.41 Å². The van der Waals surface area contributed by atoms with Crippen molar-refractivity contribution in [2.75, 3.05) is 22.6 Å². The van der Waals surface area contributed by atoms with Crippen molar-refractivity contribution in [3.63, 3.8) is 0 Å². The molecule has 0 aliphatic carbocycles. The number of alkyl halides is 1. The summed E-state index contributed by atoms with van der Waals surface area (Å²) in [6, 6.07) is 0. The fourth-order valence-corrected chi connectivity index (χ4v) is 4.25. The molecule has 124 valence electrons. The van der Waals surface area contributed by atoms with Gasteiger partial charge in [-0.25, -0.2) is 4.98 Å². The number of hydrogen-bond donors (Lipinski definition) is 3. The Labute approximate surface area is 161 Å². The van der Waals surface area contributed by atoms with E-state index in [1.54, 1.807) is 22.5 Å². The molecule has 2 aromatic rings. The zero-order valence-corrected chi connectivity index (χ0v) is 17.0. The van der Waals surface area contributed by atoms with Crippen molar-refractivity contribution >= 4 is 67.4 Å². The number of nitrogens with zero attached hydrogens (tertiary/aromatic N) is 3. The van der Waals surface area contributed by atoms with Crippen molar-refractivity contribution in [2.24, 2.45) is 5.73 Å². The summed E-state index contributed by atoms with van der Waals surface area (Å²) in [4.78, 5) is 4.85. The third-order valence-electron chi connectivity index (χ3n) is 3.92. The second-order valence-corrected chi connectivity index (χ2v) is 8.83. The first-order chi connectivity index (χ1) is 11.1. The Morgan fingerprint density at radius 3 is 3.13 bits per heavy atom. The van der Waals surface area contributed by atoms with Gasteiger partial charge in [0.1, 0.15) is 5.82 Å². The molecule has 1 fully saturated rings. The summed E-state index contributed by atoms with van der Waals surface area (Å²) in [7, 11) is 0. The van der Waals surface area contributed by atoms with Gasteiger partial charge in [0.2, 0.25) is 0 Å². The maximum Gasteiger partial charge on any atom is 0.167 e. The normalized spacial score (nSPS) is 19.4. The van der Waals surface area contributed by atoms with Gasteiger partial charge in [0.15, 0.2) is 5.65 Å². The molecule has 0 bridgehead atoms. The van der Waals surface area contributed by atoms with Crippen molar-refractivity contribution in [1.82, 2.24) is 19.9 Å². The number of nitrogens with one attached hydrogen (secondary N) is 1. The lowest BCUT2D eigenvalue weighted by atomic mass is 9.96. The highest BCUT2D eigenvalue weighted by Crippen LogP contribution is 2.33. The topological polar surface area (TPSA) is 94.3 Å². The molecule has 2 aromatic heterocycles. The van der Waals surface area contributed by atoms with Gasteiger partial charge < -0.3 is 16.8 Å².